The Morgan fingerprint density at radius 2 is 1.72 bits per heavy atom. The molecule has 0 spiro atoms. The number of amides is 1. The molecule has 0 unspecified atom stereocenters. The maximum atomic E-state index is 13.9. The van der Waals surface area contributed by atoms with Crippen LogP contribution in [0.25, 0.3) is 11.1 Å². The van der Waals surface area contributed by atoms with Gasteiger partial charge in [0.2, 0.25) is 0 Å². The Hall–Kier alpha value is -4.79. The number of aromatic nitrogens is 3. The monoisotopic (exact) mass is 759 g/mol. The van der Waals surface area contributed by atoms with E-state index in [1.54, 1.807) is 36.2 Å². The smallest absolute Gasteiger partial charge is 0.418 e. The number of carbonyl (C=O) groups excluding carboxylic acids is 1. The molecule has 53 heavy (non-hydrogen) atoms. The molecule has 0 atom stereocenters. The zero-order chi connectivity index (χ0) is 37.2. The summed E-state index contributed by atoms with van der Waals surface area (Å²) in [5, 5.41) is 11.3. The molecule has 3 heterocycles. The molecular formula is C39H40F3N7O2S2. The first kappa shape index (κ1) is 38.0. The van der Waals surface area contributed by atoms with Crippen molar-refractivity contribution in [3.05, 3.63) is 120 Å². The van der Waals surface area contributed by atoms with Gasteiger partial charge in [-0.15, -0.1) is 22.0 Å². The lowest BCUT2D eigenvalue weighted by Crippen LogP contribution is -2.46. The quantitative estimate of drug-likeness (QED) is 0.0655. The Kier molecular flexibility index (Phi) is 12.8. The van der Waals surface area contributed by atoms with Crippen LogP contribution < -0.4 is 19.7 Å². The van der Waals surface area contributed by atoms with Gasteiger partial charge < -0.3 is 15.0 Å². The molecule has 0 aliphatic carbocycles. The number of thioether (sulfide) groups is 1. The lowest BCUT2D eigenvalue weighted by molar-refractivity contribution is -0.137. The summed E-state index contributed by atoms with van der Waals surface area (Å²) in [4.78, 5) is 23.0. The summed E-state index contributed by atoms with van der Waals surface area (Å²) >= 11 is 2.36. The molecule has 5 aromatic rings. The van der Waals surface area contributed by atoms with Crippen LogP contribution in [-0.2, 0) is 12.7 Å². The molecular weight excluding hydrogens is 720 g/mol. The third-order valence-corrected chi connectivity index (χ3v) is 10.4. The Labute approximate surface area is 315 Å². The van der Waals surface area contributed by atoms with E-state index in [4.69, 9.17) is 4.74 Å². The molecule has 0 radical (unpaired) electrons. The van der Waals surface area contributed by atoms with Crippen molar-refractivity contribution in [2.45, 2.75) is 36.4 Å². The van der Waals surface area contributed by atoms with Gasteiger partial charge in [0.15, 0.2) is 11.5 Å². The fourth-order valence-electron chi connectivity index (χ4n) is 5.97. The number of aryl methyl sites for hydroxylation is 1. The summed E-state index contributed by atoms with van der Waals surface area (Å²) in [6.07, 6.45) is -0.988. The number of alkyl halides is 3. The molecule has 6 rings (SSSR count). The molecule has 1 saturated heterocycles. The first-order valence-electron chi connectivity index (χ1n) is 17.2. The van der Waals surface area contributed by atoms with Gasteiger partial charge in [-0.05, 0) is 91.0 Å². The maximum Gasteiger partial charge on any atom is 0.418 e. The van der Waals surface area contributed by atoms with Crippen LogP contribution in [0.15, 0.2) is 107 Å². The molecule has 9 nitrogen and oxygen atoms in total. The summed E-state index contributed by atoms with van der Waals surface area (Å²) in [7, 11) is 0. The minimum atomic E-state index is -4.57. The maximum absolute atomic E-state index is 13.9. The van der Waals surface area contributed by atoms with Crippen LogP contribution in [0, 0.1) is 6.92 Å². The molecule has 1 amide bonds. The minimum absolute atomic E-state index is 0.00771. The average Bonchev–Trinajstić information content (AvgIpc) is 3.16. The van der Waals surface area contributed by atoms with Crippen molar-refractivity contribution in [2.24, 2.45) is 0 Å². The lowest BCUT2D eigenvalue weighted by atomic mass is 9.99. The summed E-state index contributed by atoms with van der Waals surface area (Å²) in [5.74, 6) is 1.47. The molecule has 2 N–H and O–H groups in total. The number of piperazine rings is 1. The molecule has 1 aliphatic heterocycles. The Balaban J connectivity index is 0.970. The van der Waals surface area contributed by atoms with Crippen molar-refractivity contribution >= 4 is 41.1 Å². The van der Waals surface area contributed by atoms with E-state index in [1.165, 1.54) is 17.2 Å². The van der Waals surface area contributed by atoms with E-state index in [2.05, 4.69) is 60.1 Å². The number of nitrogens with one attached hydrogen (secondary N) is 2. The number of ether oxygens (including phenoxy) is 1. The van der Waals surface area contributed by atoms with Crippen LogP contribution in [0.2, 0.25) is 0 Å². The highest BCUT2D eigenvalue weighted by Gasteiger charge is 2.34. The van der Waals surface area contributed by atoms with Gasteiger partial charge >= 0.3 is 6.18 Å². The standard InChI is InChI=1S/C39H40F3N7O2S2/c1-3-51-30-22-29(24-43-25-30)33-11-9-28(21-27(33)2)26-48-16-18-49(19-17-48)37-14-13-36(45-46-37)38(50)47-53-32-10-12-35(34(23-32)39(40,41)42)44-15-20-52-31-7-5-4-6-8-31/h4-14,21-25,44H,3,15-20,26H2,1-2H3,(H,47,50). The molecule has 276 valence electrons. The van der Waals surface area contributed by atoms with Crippen LogP contribution in [-0.4, -0.2) is 71.1 Å². The van der Waals surface area contributed by atoms with Crippen molar-refractivity contribution in [1.82, 2.24) is 24.8 Å². The normalized spacial score (nSPS) is 13.5. The highest BCUT2D eigenvalue weighted by molar-refractivity contribution is 7.99. The Morgan fingerprint density at radius 1 is 0.906 bits per heavy atom. The predicted octanol–water partition coefficient (Wildman–Crippen LogP) is 8.23. The summed E-state index contributed by atoms with van der Waals surface area (Å²) in [6, 6.07) is 25.5. The lowest BCUT2D eigenvalue weighted by Gasteiger charge is -2.35. The topological polar surface area (TPSA) is 95.5 Å². The SMILES string of the molecule is CCOc1cncc(-c2ccc(CN3CCN(c4ccc(C(=O)NSc5ccc(NCCSc6ccccc6)c(C(F)(F)F)c5)nn4)CC3)cc2C)c1. The van der Waals surface area contributed by atoms with E-state index < -0.39 is 17.6 Å². The number of carbonyl (C=O) groups is 1. The summed E-state index contributed by atoms with van der Waals surface area (Å²) < 4.78 is 50.0. The number of hydrogen-bond acceptors (Lipinski definition) is 10. The molecule has 14 heteroatoms. The summed E-state index contributed by atoms with van der Waals surface area (Å²) in [6.45, 7) is 9.01. The third-order valence-electron chi connectivity index (χ3n) is 8.60. The van der Waals surface area contributed by atoms with Crippen molar-refractivity contribution < 1.29 is 22.7 Å². The Morgan fingerprint density at radius 3 is 2.43 bits per heavy atom. The van der Waals surface area contributed by atoms with Gasteiger partial charge in [0, 0.05) is 72.3 Å². The third kappa shape index (κ3) is 10.4. The Bertz CT molecular complexity index is 1980. The largest absolute Gasteiger partial charge is 0.492 e. The fraction of sp³-hybridized carbons (Fsp3) is 0.282. The van der Waals surface area contributed by atoms with Gasteiger partial charge in [-0.1, -0.05) is 36.4 Å². The van der Waals surface area contributed by atoms with E-state index >= 15 is 0 Å². The number of rotatable bonds is 14. The molecule has 1 aliphatic rings. The van der Waals surface area contributed by atoms with E-state index in [9.17, 15) is 18.0 Å². The number of halogens is 3. The highest BCUT2D eigenvalue weighted by Crippen LogP contribution is 2.37. The molecule has 1 fully saturated rings. The van der Waals surface area contributed by atoms with Crippen molar-refractivity contribution in [2.75, 3.05) is 55.3 Å². The van der Waals surface area contributed by atoms with Gasteiger partial charge in [0.05, 0.1) is 18.4 Å². The van der Waals surface area contributed by atoms with Crippen LogP contribution >= 0.6 is 23.7 Å². The van der Waals surface area contributed by atoms with Gasteiger partial charge in [-0.25, -0.2) is 0 Å². The second kappa shape index (κ2) is 17.8. The number of nitrogens with zero attached hydrogens (tertiary/aromatic N) is 5. The second-order valence-corrected chi connectivity index (χ2v) is 14.4. The number of benzene rings is 3. The molecule has 2 aromatic heterocycles. The van der Waals surface area contributed by atoms with Gasteiger partial charge in [-0.2, -0.15) is 13.2 Å². The number of anilines is 2. The minimum Gasteiger partial charge on any atom is -0.492 e. The van der Waals surface area contributed by atoms with Crippen molar-refractivity contribution in [3.8, 4) is 16.9 Å². The zero-order valence-electron chi connectivity index (χ0n) is 29.4. The first-order chi connectivity index (χ1) is 25.7. The molecule has 0 saturated carbocycles. The number of pyridine rings is 1. The first-order valence-corrected chi connectivity index (χ1v) is 19.1. The van der Waals surface area contributed by atoms with Gasteiger partial charge in [0.25, 0.3) is 5.91 Å². The van der Waals surface area contributed by atoms with Gasteiger partial charge in [0.1, 0.15) is 5.75 Å². The van der Waals surface area contributed by atoms with Crippen LogP contribution in [0.1, 0.15) is 34.1 Å². The van der Waals surface area contributed by atoms with Crippen LogP contribution in [0.5, 0.6) is 5.75 Å². The zero-order valence-corrected chi connectivity index (χ0v) is 31.0. The van der Waals surface area contributed by atoms with Crippen LogP contribution in [0.4, 0.5) is 24.7 Å². The highest BCUT2D eigenvalue weighted by atomic mass is 32.2. The van der Waals surface area contributed by atoms with Crippen molar-refractivity contribution in [1.29, 1.82) is 0 Å². The van der Waals surface area contributed by atoms with E-state index in [-0.39, 0.29) is 16.3 Å². The van der Waals surface area contributed by atoms with E-state index in [0.717, 1.165) is 72.5 Å². The predicted molar refractivity (Wildman–Crippen MR) is 206 cm³/mol. The number of hydrogen-bond donors (Lipinski definition) is 2. The van der Waals surface area contributed by atoms with E-state index in [0.29, 0.717) is 24.7 Å². The van der Waals surface area contributed by atoms with E-state index in [1.807, 2.05) is 49.5 Å². The summed E-state index contributed by atoms with van der Waals surface area (Å²) in [5.41, 5.74) is 3.84. The van der Waals surface area contributed by atoms with Crippen LogP contribution in [0.3, 0.4) is 0 Å². The molecule has 0 bridgehead atoms. The average molecular weight is 760 g/mol. The van der Waals surface area contributed by atoms with Gasteiger partial charge in [-0.3, -0.25) is 19.4 Å². The second-order valence-electron chi connectivity index (χ2n) is 12.4. The van der Waals surface area contributed by atoms with Crippen molar-refractivity contribution in [3.63, 3.8) is 0 Å². The molecule has 3 aromatic carbocycles. The fourth-order valence-corrected chi connectivity index (χ4v) is 7.39.